The number of benzene rings is 2. The van der Waals surface area contributed by atoms with E-state index in [0.29, 0.717) is 5.75 Å². The van der Waals surface area contributed by atoms with Crippen molar-refractivity contribution in [3.8, 4) is 5.75 Å². The van der Waals surface area contributed by atoms with Crippen LogP contribution in [-0.2, 0) is 11.4 Å². The predicted octanol–water partition coefficient (Wildman–Crippen LogP) is 4.16. The van der Waals surface area contributed by atoms with Crippen molar-refractivity contribution >= 4 is 23.6 Å². The molecule has 0 amide bonds. The highest BCUT2D eigenvalue weighted by molar-refractivity contribution is 6.30. The van der Waals surface area contributed by atoms with Gasteiger partial charge < -0.3 is 9.84 Å². The van der Waals surface area contributed by atoms with E-state index in [4.69, 9.17) is 21.4 Å². The second-order valence-corrected chi connectivity index (χ2v) is 4.64. The molecule has 0 radical (unpaired) electrons. The van der Waals surface area contributed by atoms with Gasteiger partial charge in [0.15, 0.2) is 0 Å². The zero-order chi connectivity index (χ0) is 15.2. The van der Waals surface area contributed by atoms with Crippen LogP contribution in [0.25, 0.3) is 6.08 Å². The Balaban J connectivity index is 2.12. The van der Waals surface area contributed by atoms with E-state index in [1.54, 1.807) is 12.1 Å². The first-order valence-corrected chi connectivity index (χ1v) is 6.51. The Hall–Kier alpha value is -2.33. The van der Waals surface area contributed by atoms with Gasteiger partial charge in [-0.1, -0.05) is 35.9 Å². The minimum atomic E-state index is -1.02. The highest BCUT2D eigenvalue weighted by atomic mass is 35.5. The van der Waals surface area contributed by atoms with Gasteiger partial charge in [-0.15, -0.1) is 0 Å². The topological polar surface area (TPSA) is 46.5 Å². The number of rotatable bonds is 5. The fourth-order valence-electron chi connectivity index (χ4n) is 1.72. The molecule has 2 rings (SSSR count). The van der Waals surface area contributed by atoms with Crippen LogP contribution in [0, 0.1) is 5.82 Å². The third-order valence-electron chi connectivity index (χ3n) is 2.75. The maximum Gasteiger partial charge on any atom is 0.328 e. The van der Waals surface area contributed by atoms with Gasteiger partial charge in [0, 0.05) is 12.1 Å². The van der Waals surface area contributed by atoms with Crippen LogP contribution in [0.5, 0.6) is 5.75 Å². The maximum absolute atomic E-state index is 13.0. The molecule has 108 valence electrons. The fourth-order valence-corrected chi connectivity index (χ4v) is 1.89. The molecule has 0 spiro atoms. The van der Waals surface area contributed by atoms with E-state index < -0.39 is 11.8 Å². The summed E-state index contributed by atoms with van der Waals surface area (Å²) in [4.78, 5) is 10.6. The molecule has 21 heavy (non-hydrogen) atoms. The summed E-state index contributed by atoms with van der Waals surface area (Å²) in [6.07, 6.45) is 2.56. The van der Waals surface area contributed by atoms with E-state index in [-0.39, 0.29) is 11.6 Å². The Kier molecular flexibility index (Phi) is 4.95. The van der Waals surface area contributed by atoms with Crippen molar-refractivity contribution < 1.29 is 19.0 Å². The molecule has 0 aromatic heterocycles. The van der Waals surface area contributed by atoms with E-state index in [1.807, 2.05) is 12.1 Å². The molecule has 0 saturated carbocycles. The molecule has 2 aromatic rings. The molecule has 1 N–H and O–H groups in total. The molecule has 3 nitrogen and oxygen atoms in total. The number of carbonyl (C=O) groups is 1. The Morgan fingerprint density at radius 2 is 2.05 bits per heavy atom. The Morgan fingerprint density at radius 3 is 2.76 bits per heavy atom. The first-order chi connectivity index (χ1) is 10.1. The lowest BCUT2D eigenvalue weighted by Crippen LogP contribution is -1.98. The van der Waals surface area contributed by atoms with Gasteiger partial charge in [-0.2, -0.15) is 0 Å². The number of hydrogen-bond donors (Lipinski definition) is 1. The van der Waals surface area contributed by atoms with Gasteiger partial charge in [0.1, 0.15) is 18.2 Å². The third kappa shape index (κ3) is 4.33. The second-order valence-electron chi connectivity index (χ2n) is 4.23. The third-order valence-corrected chi connectivity index (χ3v) is 3.04. The van der Waals surface area contributed by atoms with Crippen molar-refractivity contribution in [3.05, 3.63) is 70.5 Å². The average Bonchev–Trinajstić information content (AvgIpc) is 2.47. The molecule has 0 atom stereocenters. The molecule has 0 bridgehead atoms. The van der Waals surface area contributed by atoms with Crippen LogP contribution < -0.4 is 4.74 Å². The average molecular weight is 307 g/mol. The molecule has 0 fully saturated rings. The van der Waals surface area contributed by atoms with Gasteiger partial charge >= 0.3 is 5.97 Å². The van der Waals surface area contributed by atoms with E-state index >= 15 is 0 Å². The summed E-state index contributed by atoms with van der Waals surface area (Å²) in [5, 5.41) is 8.65. The van der Waals surface area contributed by atoms with E-state index in [2.05, 4.69) is 0 Å². The van der Waals surface area contributed by atoms with Gasteiger partial charge in [-0.05, 0) is 29.3 Å². The summed E-state index contributed by atoms with van der Waals surface area (Å²) < 4.78 is 18.6. The molecule has 2 aromatic carbocycles. The number of ether oxygens (including phenoxy) is 1. The van der Waals surface area contributed by atoms with Crippen LogP contribution in [0.3, 0.4) is 0 Å². The normalized spacial score (nSPS) is 10.8. The maximum atomic E-state index is 13.0. The van der Waals surface area contributed by atoms with Crippen LogP contribution >= 0.6 is 11.6 Å². The van der Waals surface area contributed by atoms with E-state index in [9.17, 15) is 9.18 Å². The molecule has 0 unspecified atom stereocenters. The largest absolute Gasteiger partial charge is 0.489 e. The van der Waals surface area contributed by atoms with Gasteiger partial charge in [-0.3, -0.25) is 0 Å². The van der Waals surface area contributed by atoms with Crippen molar-refractivity contribution in [3.63, 3.8) is 0 Å². The standard InChI is InChI=1S/C16H12ClFO3/c17-14-9-13(6-7-15(14)18)21-10-12-4-2-1-3-11(12)5-8-16(19)20/h1-9H,10H2,(H,19,20). The SMILES string of the molecule is O=C(O)C=Cc1ccccc1COc1ccc(F)c(Cl)c1. The lowest BCUT2D eigenvalue weighted by molar-refractivity contribution is -0.131. The van der Waals surface area contributed by atoms with Crippen molar-refractivity contribution in [1.29, 1.82) is 0 Å². The highest BCUT2D eigenvalue weighted by Gasteiger charge is 2.04. The summed E-state index contributed by atoms with van der Waals surface area (Å²) >= 11 is 5.68. The lowest BCUT2D eigenvalue weighted by atomic mass is 10.1. The van der Waals surface area contributed by atoms with Crippen LogP contribution in [0.2, 0.25) is 5.02 Å². The Morgan fingerprint density at radius 1 is 1.29 bits per heavy atom. The van der Waals surface area contributed by atoms with Gasteiger partial charge in [0.25, 0.3) is 0 Å². The van der Waals surface area contributed by atoms with Crippen molar-refractivity contribution in [2.45, 2.75) is 6.61 Å². The number of carboxylic acids is 1. The monoisotopic (exact) mass is 306 g/mol. The number of hydrogen-bond acceptors (Lipinski definition) is 2. The van der Waals surface area contributed by atoms with Gasteiger partial charge in [0.2, 0.25) is 0 Å². The molecular formula is C16H12ClFO3. The van der Waals surface area contributed by atoms with Crippen LogP contribution in [0.4, 0.5) is 4.39 Å². The number of halogens is 2. The molecule has 5 heteroatoms. The minimum Gasteiger partial charge on any atom is -0.489 e. The highest BCUT2D eigenvalue weighted by Crippen LogP contribution is 2.22. The quantitative estimate of drug-likeness (QED) is 0.844. The van der Waals surface area contributed by atoms with Crippen molar-refractivity contribution in [2.24, 2.45) is 0 Å². The van der Waals surface area contributed by atoms with Crippen molar-refractivity contribution in [1.82, 2.24) is 0 Å². The predicted molar refractivity (Wildman–Crippen MR) is 78.9 cm³/mol. The summed E-state index contributed by atoms with van der Waals surface area (Å²) in [6.45, 7) is 0.224. The van der Waals surface area contributed by atoms with Crippen LogP contribution in [0.15, 0.2) is 48.5 Å². The molecular weight excluding hydrogens is 295 g/mol. The van der Waals surface area contributed by atoms with Crippen molar-refractivity contribution in [2.75, 3.05) is 0 Å². The summed E-state index contributed by atoms with van der Waals surface area (Å²) in [5.74, 6) is -1.08. The fraction of sp³-hybridized carbons (Fsp3) is 0.0625. The Labute approximate surface area is 126 Å². The van der Waals surface area contributed by atoms with Gasteiger partial charge in [-0.25, -0.2) is 9.18 Å². The summed E-state index contributed by atoms with van der Waals surface area (Å²) in [7, 11) is 0. The zero-order valence-corrected chi connectivity index (χ0v) is 11.7. The van der Waals surface area contributed by atoms with Crippen LogP contribution in [-0.4, -0.2) is 11.1 Å². The van der Waals surface area contributed by atoms with E-state index in [1.165, 1.54) is 24.3 Å². The summed E-state index contributed by atoms with van der Waals surface area (Å²) in [5.41, 5.74) is 1.56. The molecule has 0 aliphatic heterocycles. The van der Waals surface area contributed by atoms with E-state index in [0.717, 1.165) is 17.2 Å². The van der Waals surface area contributed by atoms with Gasteiger partial charge in [0.05, 0.1) is 5.02 Å². The summed E-state index contributed by atoms with van der Waals surface area (Å²) in [6, 6.07) is 11.4. The zero-order valence-electron chi connectivity index (χ0n) is 10.9. The van der Waals surface area contributed by atoms with Crippen LogP contribution in [0.1, 0.15) is 11.1 Å². The molecule has 0 aliphatic rings. The first-order valence-electron chi connectivity index (χ1n) is 6.13. The Bertz CT molecular complexity index is 683. The smallest absolute Gasteiger partial charge is 0.328 e. The minimum absolute atomic E-state index is 0.00782. The second kappa shape index (κ2) is 6.90. The first kappa shape index (κ1) is 15.1. The molecule has 0 aliphatic carbocycles. The number of carboxylic acid groups (broad SMARTS) is 1. The lowest BCUT2D eigenvalue weighted by Gasteiger charge is -2.09. The molecule has 0 heterocycles. The number of aliphatic carboxylic acids is 1. The molecule has 0 saturated heterocycles.